The lowest BCUT2D eigenvalue weighted by atomic mass is 10.1. The third kappa shape index (κ3) is 4.67. The number of rotatable bonds is 8. The van der Waals surface area contributed by atoms with Crippen molar-refractivity contribution < 1.29 is 19.6 Å². The van der Waals surface area contributed by atoms with Crippen molar-refractivity contribution >= 4 is 34.8 Å². The minimum absolute atomic E-state index is 0.118. The summed E-state index contributed by atoms with van der Waals surface area (Å²) in [5.74, 6) is -1.16. The van der Waals surface area contributed by atoms with Gasteiger partial charge in [0, 0.05) is 27.3 Å². The van der Waals surface area contributed by atoms with Crippen molar-refractivity contribution in [1.29, 1.82) is 0 Å². The Balaban J connectivity index is 2.08. The summed E-state index contributed by atoms with van der Waals surface area (Å²) >= 11 is 1.48. The van der Waals surface area contributed by atoms with Crippen LogP contribution in [-0.4, -0.2) is 28.3 Å². The number of ketones is 3. The van der Waals surface area contributed by atoms with Gasteiger partial charge in [0.25, 0.3) is 0 Å². The van der Waals surface area contributed by atoms with Gasteiger partial charge in [-0.15, -0.1) is 0 Å². The molecular formula is C20H19NO4S. The SMILES string of the molecule is CCC(=O)C(=O)c1ccc(Sc2ccc(C(=O)C(CC)=NO)cc2)cc1. The predicted molar refractivity (Wildman–Crippen MR) is 100 cm³/mol. The van der Waals surface area contributed by atoms with Crippen LogP contribution in [0.2, 0.25) is 0 Å². The number of carbonyl (C=O) groups excluding carboxylic acids is 3. The van der Waals surface area contributed by atoms with Crippen molar-refractivity contribution in [1.82, 2.24) is 0 Å². The van der Waals surface area contributed by atoms with Gasteiger partial charge in [0.15, 0.2) is 0 Å². The van der Waals surface area contributed by atoms with E-state index in [1.807, 2.05) is 12.1 Å². The van der Waals surface area contributed by atoms with E-state index in [1.165, 1.54) is 11.8 Å². The molecule has 134 valence electrons. The molecule has 0 aliphatic carbocycles. The molecule has 0 heterocycles. The molecular weight excluding hydrogens is 350 g/mol. The Morgan fingerprint density at radius 1 is 0.808 bits per heavy atom. The molecule has 2 aromatic rings. The molecule has 0 amide bonds. The van der Waals surface area contributed by atoms with Crippen LogP contribution in [0, 0.1) is 0 Å². The van der Waals surface area contributed by atoms with E-state index in [0.717, 1.165) is 9.79 Å². The van der Waals surface area contributed by atoms with Crippen LogP contribution in [0.5, 0.6) is 0 Å². The third-order valence-corrected chi connectivity index (χ3v) is 4.78. The summed E-state index contributed by atoms with van der Waals surface area (Å²) in [7, 11) is 0. The van der Waals surface area contributed by atoms with E-state index in [2.05, 4.69) is 5.16 Å². The summed E-state index contributed by atoms with van der Waals surface area (Å²) in [6, 6.07) is 13.8. The van der Waals surface area contributed by atoms with Crippen LogP contribution in [0.3, 0.4) is 0 Å². The molecule has 0 unspecified atom stereocenters. The van der Waals surface area contributed by atoms with Crippen LogP contribution in [0.15, 0.2) is 63.5 Å². The number of nitrogens with zero attached hydrogens (tertiary/aromatic N) is 1. The second-order valence-corrected chi connectivity index (χ2v) is 6.63. The van der Waals surface area contributed by atoms with Crippen LogP contribution < -0.4 is 0 Å². The maximum atomic E-state index is 12.1. The Morgan fingerprint density at radius 3 is 1.65 bits per heavy atom. The summed E-state index contributed by atoms with van der Waals surface area (Å²) in [5.41, 5.74) is 0.966. The van der Waals surface area contributed by atoms with Gasteiger partial charge in [0.2, 0.25) is 17.3 Å². The minimum Gasteiger partial charge on any atom is -0.411 e. The van der Waals surface area contributed by atoms with E-state index in [4.69, 9.17) is 5.21 Å². The molecule has 0 saturated heterocycles. The lowest BCUT2D eigenvalue weighted by molar-refractivity contribution is -0.114. The zero-order chi connectivity index (χ0) is 19.1. The predicted octanol–water partition coefficient (Wildman–Crippen LogP) is 4.42. The van der Waals surface area contributed by atoms with E-state index < -0.39 is 11.6 Å². The Bertz CT molecular complexity index is 839. The van der Waals surface area contributed by atoms with Gasteiger partial charge in [0.05, 0.1) is 0 Å². The smallest absolute Gasteiger partial charge is 0.228 e. The number of Topliss-reactive ketones (excluding diaryl/α,β-unsaturated/α-hetero) is 3. The summed E-state index contributed by atoms with van der Waals surface area (Å²) in [4.78, 5) is 37.2. The number of hydrogen-bond acceptors (Lipinski definition) is 6. The van der Waals surface area contributed by atoms with Gasteiger partial charge in [-0.25, -0.2) is 0 Å². The van der Waals surface area contributed by atoms with Gasteiger partial charge >= 0.3 is 0 Å². The molecule has 0 spiro atoms. The van der Waals surface area contributed by atoms with Crippen molar-refractivity contribution in [3.63, 3.8) is 0 Å². The monoisotopic (exact) mass is 369 g/mol. The molecule has 5 nitrogen and oxygen atoms in total. The quantitative estimate of drug-likeness (QED) is 0.245. The molecule has 1 N–H and O–H groups in total. The molecule has 0 aromatic heterocycles. The Labute approximate surface area is 156 Å². The molecule has 0 aliphatic rings. The first-order chi connectivity index (χ1) is 12.5. The molecule has 0 atom stereocenters. The van der Waals surface area contributed by atoms with Gasteiger partial charge in [-0.2, -0.15) is 0 Å². The molecule has 6 heteroatoms. The zero-order valence-electron chi connectivity index (χ0n) is 14.6. The van der Waals surface area contributed by atoms with E-state index in [-0.39, 0.29) is 17.9 Å². The maximum absolute atomic E-state index is 12.1. The summed E-state index contributed by atoms with van der Waals surface area (Å²) < 4.78 is 0. The molecule has 26 heavy (non-hydrogen) atoms. The fraction of sp³-hybridized carbons (Fsp3) is 0.200. The van der Waals surface area contributed by atoms with Crippen LogP contribution in [0.1, 0.15) is 47.4 Å². The second-order valence-electron chi connectivity index (χ2n) is 5.49. The zero-order valence-corrected chi connectivity index (χ0v) is 15.4. The highest BCUT2D eigenvalue weighted by molar-refractivity contribution is 7.99. The standard InChI is InChI=1S/C20H19NO4S/c1-3-17(21-25)19(23)13-5-9-15(10-6-13)26-16-11-7-14(8-12-16)20(24)18(22)4-2/h5-12,25H,3-4H2,1-2H3. The second kappa shape index (κ2) is 9.10. The molecule has 0 bridgehead atoms. The highest BCUT2D eigenvalue weighted by Crippen LogP contribution is 2.28. The highest BCUT2D eigenvalue weighted by atomic mass is 32.2. The molecule has 0 saturated carbocycles. The first kappa shape index (κ1) is 19.6. The van der Waals surface area contributed by atoms with Crippen molar-refractivity contribution in [3.05, 3.63) is 59.7 Å². The molecule has 0 radical (unpaired) electrons. The first-order valence-corrected chi connectivity index (χ1v) is 9.02. The average Bonchev–Trinajstić information content (AvgIpc) is 2.68. The normalized spacial score (nSPS) is 11.2. The Morgan fingerprint density at radius 2 is 1.27 bits per heavy atom. The topological polar surface area (TPSA) is 83.8 Å². The van der Waals surface area contributed by atoms with Crippen molar-refractivity contribution in [3.8, 4) is 0 Å². The number of hydrogen-bond donors (Lipinski definition) is 1. The Kier molecular flexibility index (Phi) is 6.86. The average molecular weight is 369 g/mol. The maximum Gasteiger partial charge on any atom is 0.228 e. The molecule has 0 aliphatic heterocycles. The van der Waals surface area contributed by atoms with Gasteiger partial charge < -0.3 is 5.21 Å². The third-order valence-electron chi connectivity index (χ3n) is 3.76. The minimum atomic E-state index is -0.468. The number of benzene rings is 2. The summed E-state index contributed by atoms with van der Waals surface area (Å²) in [6.07, 6.45) is 0.554. The Hall–Kier alpha value is -2.73. The van der Waals surface area contributed by atoms with E-state index >= 15 is 0 Å². The van der Waals surface area contributed by atoms with E-state index in [0.29, 0.717) is 17.5 Å². The van der Waals surface area contributed by atoms with Crippen LogP contribution >= 0.6 is 11.8 Å². The largest absolute Gasteiger partial charge is 0.411 e. The first-order valence-electron chi connectivity index (χ1n) is 8.21. The van der Waals surface area contributed by atoms with Crippen molar-refractivity contribution in [2.45, 2.75) is 36.5 Å². The molecule has 2 rings (SSSR count). The van der Waals surface area contributed by atoms with Gasteiger partial charge in [-0.1, -0.05) is 30.8 Å². The highest BCUT2D eigenvalue weighted by Gasteiger charge is 2.14. The van der Waals surface area contributed by atoms with Crippen molar-refractivity contribution in [2.24, 2.45) is 5.16 Å². The molecule has 2 aromatic carbocycles. The number of oxime groups is 1. The van der Waals surface area contributed by atoms with Crippen molar-refractivity contribution in [2.75, 3.05) is 0 Å². The van der Waals surface area contributed by atoms with E-state index in [9.17, 15) is 14.4 Å². The fourth-order valence-electron chi connectivity index (χ4n) is 2.25. The van der Waals surface area contributed by atoms with Gasteiger partial charge in [-0.05, 0) is 55.0 Å². The van der Waals surface area contributed by atoms with Crippen LogP contribution in [-0.2, 0) is 4.79 Å². The fourth-order valence-corrected chi connectivity index (χ4v) is 3.07. The lowest BCUT2D eigenvalue weighted by Gasteiger charge is -2.05. The van der Waals surface area contributed by atoms with Gasteiger partial charge in [-0.3, -0.25) is 14.4 Å². The van der Waals surface area contributed by atoms with Crippen LogP contribution in [0.4, 0.5) is 0 Å². The summed E-state index contributed by atoms with van der Waals surface area (Å²) in [5, 5.41) is 11.9. The van der Waals surface area contributed by atoms with Gasteiger partial charge in [0.1, 0.15) is 5.71 Å². The van der Waals surface area contributed by atoms with Crippen LogP contribution in [0.25, 0.3) is 0 Å². The van der Waals surface area contributed by atoms with E-state index in [1.54, 1.807) is 50.2 Å². The lowest BCUT2D eigenvalue weighted by Crippen LogP contribution is -2.13. The summed E-state index contributed by atoms with van der Waals surface area (Å²) in [6.45, 7) is 3.41. The molecule has 0 fully saturated rings. The number of carbonyl (C=O) groups is 3.